The van der Waals surface area contributed by atoms with Crippen LogP contribution in [0.25, 0.3) is 0 Å². The highest BCUT2D eigenvalue weighted by atomic mass is 32.2. The van der Waals surface area contributed by atoms with Crippen molar-refractivity contribution in [1.29, 1.82) is 0 Å². The van der Waals surface area contributed by atoms with Crippen molar-refractivity contribution in [3.05, 3.63) is 17.0 Å². The molecule has 1 fully saturated rings. The molecule has 1 aliphatic rings. The lowest BCUT2D eigenvalue weighted by Crippen LogP contribution is -2.44. The van der Waals surface area contributed by atoms with E-state index in [0.29, 0.717) is 11.8 Å². The first kappa shape index (κ1) is 17.2. The molecule has 22 heavy (non-hydrogen) atoms. The van der Waals surface area contributed by atoms with E-state index in [1.807, 2.05) is 18.7 Å². The van der Waals surface area contributed by atoms with Gasteiger partial charge in [0.2, 0.25) is 0 Å². The lowest BCUT2D eigenvalue weighted by atomic mass is 9.99. The van der Waals surface area contributed by atoms with Crippen molar-refractivity contribution in [2.75, 3.05) is 19.3 Å². The van der Waals surface area contributed by atoms with Gasteiger partial charge in [0.15, 0.2) is 0 Å². The summed E-state index contributed by atoms with van der Waals surface area (Å²) in [5.74, 6) is 0. The van der Waals surface area contributed by atoms with Gasteiger partial charge in [-0.15, -0.1) is 0 Å². The number of H-pyrrole nitrogens is 1. The van der Waals surface area contributed by atoms with E-state index in [9.17, 15) is 4.79 Å². The highest BCUT2D eigenvalue weighted by Crippen LogP contribution is 2.33. The molecule has 0 spiro atoms. The number of hydrogen-bond donors (Lipinski definition) is 2. The number of carbonyl (C=O) groups excluding carboxylic acids is 1. The summed E-state index contributed by atoms with van der Waals surface area (Å²) in [6.07, 6.45) is 6.53. The second kappa shape index (κ2) is 7.90. The summed E-state index contributed by atoms with van der Waals surface area (Å²) >= 11 is 1.77. The molecule has 1 saturated heterocycles. The van der Waals surface area contributed by atoms with Crippen LogP contribution in [0.15, 0.2) is 0 Å². The van der Waals surface area contributed by atoms with Crippen LogP contribution in [0.3, 0.4) is 0 Å². The molecule has 124 valence electrons. The maximum absolute atomic E-state index is 12.7. The van der Waals surface area contributed by atoms with Gasteiger partial charge in [0.25, 0.3) is 0 Å². The monoisotopic (exact) mass is 324 g/mol. The number of carbonyl (C=O) groups is 1. The van der Waals surface area contributed by atoms with Gasteiger partial charge < -0.3 is 10.2 Å². The first-order chi connectivity index (χ1) is 10.5. The van der Waals surface area contributed by atoms with E-state index in [1.54, 1.807) is 11.8 Å². The topological polar surface area (TPSA) is 61.0 Å². The number of amides is 2. The molecule has 5 nitrogen and oxygen atoms in total. The number of aromatic nitrogens is 2. The van der Waals surface area contributed by atoms with Gasteiger partial charge in [-0.3, -0.25) is 5.10 Å². The molecular weight excluding hydrogens is 296 g/mol. The molecule has 0 aliphatic carbocycles. The lowest BCUT2D eigenvalue weighted by Gasteiger charge is -2.31. The molecule has 0 radical (unpaired) electrons. The van der Waals surface area contributed by atoms with E-state index in [1.165, 1.54) is 18.4 Å². The Kier molecular flexibility index (Phi) is 6.17. The second-order valence-electron chi connectivity index (χ2n) is 6.14. The van der Waals surface area contributed by atoms with Crippen molar-refractivity contribution in [1.82, 2.24) is 20.4 Å². The predicted octanol–water partition coefficient (Wildman–Crippen LogP) is 3.40. The van der Waals surface area contributed by atoms with Gasteiger partial charge in [-0.05, 0) is 32.9 Å². The Labute approximate surface area is 137 Å². The first-order valence-corrected chi connectivity index (χ1v) is 9.42. The third-order valence-electron chi connectivity index (χ3n) is 4.48. The number of urea groups is 1. The summed E-state index contributed by atoms with van der Waals surface area (Å²) in [5, 5.41) is 10.9. The average Bonchev–Trinajstić information content (AvgIpc) is 2.71. The average molecular weight is 324 g/mol. The maximum atomic E-state index is 12.7. The minimum atomic E-state index is 0.0628. The van der Waals surface area contributed by atoms with Crippen molar-refractivity contribution in [3.8, 4) is 0 Å². The molecule has 2 unspecified atom stereocenters. The fraction of sp³-hybridized carbons (Fsp3) is 0.750. The highest BCUT2D eigenvalue weighted by Gasteiger charge is 2.30. The number of nitrogens with one attached hydrogen (secondary N) is 2. The fourth-order valence-corrected chi connectivity index (χ4v) is 3.37. The van der Waals surface area contributed by atoms with Gasteiger partial charge >= 0.3 is 6.03 Å². The molecule has 0 saturated carbocycles. The Morgan fingerprint density at radius 1 is 1.45 bits per heavy atom. The number of aryl methyl sites for hydroxylation is 2. The zero-order valence-electron chi connectivity index (χ0n) is 14.1. The molecular formula is C16H28N4OS. The fourth-order valence-electron chi connectivity index (χ4n) is 3.12. The van der Waals surface area contributed by atoms with E-state index in [4.69, 9.17) is 0 Å². The zero-order valence-corrected chi connectivity index (χ0v) is 14.9. The Balaban J connectivity index is 2.16. The third kappa shape index (κ3) is 3.97. The zero-order chi connectivity index (χ0) is 16.1. The third-order valence-corrected chi connectivity index (χ3v) is 5.45. The van der Waals surface area contributed by atoms with Crippen molar-refractivity contribution >= 4 is 17.8 Å². The molecule has 1 aromatic rings. The summed E-state index contributed by atoms with van der Waals surface area (Å²) in [6, 6.07) is 0.207. The van der Waals surface area contributed by atoms with Gasteiger partial charge in [0.05, 0.1) is 11.7 Å². The van der Waals surface area contributed by atoms with Crippen LogP contribution >= 0.6 is 11.8 Å². The molecule has 1 aromatic heterocycles. The number of nitrogens with zero attached hydrogens (tertiary/aromatic N) is 2. The minimum absolute atomic E-state index is 0.0628. The number of thioether (sulfide) groups is 1. The number of rotatable bonds is 4. The van der Waals surface area contributed by atoms with Crippen molar-refractivity contribution in [3.63, 3.8) is 0 Å². The van der Waals surface area contributed by atoms with E-state index in [-0.39, 0.29) is 12.1 Å². The summed E-state index contributed by atoms with van der Waals surface area (Å²) in [6.45, 7) is 7.75. The molecule has 2 heterocycles. The Morgan fingerprint density at radius 2 is 2.23 bits per heavy atom. The molecule has 0 aromatic carbocycles. The molecule has 0 bridgehead atoms. The Morgan fingerprint density at radius 3 is 2.86 bits per heavy atom. The Bertz CT molecular complexity index is 483. The van der Waals surface area contributed by atoms with Crippen LogP contribution < -0.4 is 5.32 Å². The van der Waals surface area contributed by atoms with Gasteiger partial charge in [0.1, 0.15) is 0 Å². The van der Waals surface area contributed by atoms with Crippen LogP contribution in [-0.4, -0.2) is 45.7 Å². The van der Waals surface area contributed by atoms with Crippen LogP contribution in [-0.2, 0) is 0 Å². The molecule has 1 aliphatic heterocycles. The standard InChI is InChI=1S/C16H28N4OS/c1-11(22-4)10-17-16(21)20-9-7-5-6-8-14(20)15-12(2)18-19-13(15)3/h11,14H,5-10H2,1-4H3,(H,17,21)(H,18,19). The summed E-state index contributed by atoms with van der Waals surface area (Å²) in [5.41, 5.74) is 3.30. The summed E-state index contributed by atoms with van der Waals surface area (Å²) in [4.78, 5) is 14.7. The normalized spacial score (nSPS) is 20.5. The van der Waals surface area contributed by atoms with Crippen LogP contribution in [0.5, 0.6) is 0 Å². The van der Waals surface area contributed by atoms with Crippen molar-refractivity contribution in [2.24, 2.45) is 0 Å². The van der Waals surface area contributed by atoms with Crippen LogP contribution in [0.2, 0.25) is 0 Å². The minimum Gasteiger partial charge on any atom is -0.337 e. The van der Waals surface area contributed by atoms with E-state index in [2.05, 4.69) is 28.7 Å². The van der Waals surface area contributed by atoms with E-state index in [0.717, 1.165) is 30.8 Å². The van der Waals surface area contributed by atoms with E-state index < -0.39 is 0 Å². The van der Waals surface area contributed by atoms with Crippen LogP contribution in [0.1, 0.15) is 55.6 Å². The highest BCUT2D eigenvalue weighted by molar-refractivity contribution is 7.99. The number of likely N-dealkylation sites (tertiary alicyclic amines) is 1. The van der Waals surface area contributed by atoms with Crippen molar-refractivity contribution in [2.45, 2.75) is 57.7 Å². The predicted molar refractivity (Wildman–Crippen MR) is 92.4 cm³/mol. The first-order valence-electron chi connectivity index (χ1n) is 8.13. The second-order valence-corrected chi connectivity index (χ2v) is 7.41. The Hall–Kier alpha value is -1.17. The maximum Gasteiger partial charge on any atom is 0.317 e. The lowest BCUT2D eigenvalue weighted by molar-refractivity contribution is 0.175. The molecule has 2 N–H and O–H groups in total. The van der Waals surface area contributed by atoms with Crippen molar-refractivity contribution < 1.29 is 4.79 Å². The quantitative estimate of drug-likeness (QED) is 0.892. The van der Waals surface area contributed by atoms with Crippen LogP contribution in [0, 0.1) is 13.8 Å². The number of aromatic amines is 1. The summed E-state index contributed by atoms with van der Waals surface area (Å²) < 4.78 is 0. The van der Waals surface area contributed by atoms with E-state index >= 15 is 0 Å². The number of hydrogen-bond acceptors (Lipinski definition) is 3. The largest absolute Gasteiger partial charge is 0.337 e. The summed E-state index contributed by atoms with van der Waals surface area (Å²) in [7, 11) is 0. The SMILES string of the molecule is CSC(C)CNC(=O)N1CCCCCC1c1c(C)n[nH]c1C. The molecule has 2 atom stereocenters. The molecule has 6 heteroatoms. The van der Waals surface area contributed by atoms with Gasteiger partial charge in [-0.2, -0.15) is 16.9 Å². The van der Waals surface area contributed by atoms with Gasteiger partial charge in [-0.25, -0.2) is 4.79 Å². The smallest absolute Gasteiger partial charge is 0.317 e. The van der Waals surface area contributed by atoms with Crippen LogP contribution in [0.4, 0.5) is 4.79 Å². The van der Waals surface area contributed by atoms with Gasteiger partial charge in [0, 0.05) is 29.6 Å². The molecule has 2 rings (SSSR count). The molecule has 2 amide bonds. The van der Waals surface area contributed by atoms with Gasteiger partial charge in [-0.1, -0.05) is 19.8 Å².